The van der Waals surface area contributed by atoms with Crippen LogP contribution in [0.1, 0.15) is 110 Å². The predicted octanol–water partition coefficient (Wildman–Crippen LogP) is 5.55. The molecule has 0 fully saturated rings. The van der Waals surface area contributed by atoms with Crippen molar-refractivity contribution >= 4 is 18.2 Å². The maximum atomic E-state index is 11.5. The van der Waals surface area contributed by atoms with Gasteiger partial charge in [0.05, 0.1) is 0 Å². The molecule has 0 aliphatic carbocycles. The van der Waals surface area contributed by atoms with E-state index in [1.165, 1.54) is 64.2 Å². The van der Waals surface area contributed by atoms with Gasteiger partial charge in [-0.25, -0.2) is 0 Å². The molecule has 0 aliphatic rings. The van der Waals surface area contributed by atoms with Crippen LogP contribution in [0.15, 0.2) is 0 Å². The van der Waals surface area contributed by atoms with Crippen LogP contribution in [0.5, 0.6) is 0 Å². The molecule has 4 heteroatoms. The molecule has 2 N–H and O–H groups in total. The normalized spacial score (nSPS) is 11.3. The molecule has 0 radical (unpaired) electrons. The second-order valence-electron chi connectivity index (χ2n) is 6.59. The van der Waals surface area contributed by atoms with Crippen molar-refractivity contribution in [3.8, 4) is 0 Å². The lowest BCUT2D eigenvalue weighted by atomic mass is 10.0. The minimum atomic E-state index is -2.10. The Balaban J connectivity index is 0. The van der Waals surface area contributed by atoms with E-state index in [0.29, 0.717) is 6.42 Å². The first-order valence-electron chi connectivity index (χ1n) is 9.52. The van der Waals surface area contributed by atoms with E-state index >= 15 is 0 Å². The molecule has 0 aliphatic heterocycles. The summed E-state index contributed by atoms with van der Waals surface area (Å²) in [6.07, 6.45) is 16.8. The Morgan fingerprint density at radius 1 is 0.696 bits per heavy atom. The molecule has 0 saturated heterocycles. The monoisotopic (exact) mass is 350 g/mol. The van der Waals surface area contributed by atoms with Crippen molar-refractivity contribution in [3.05, 3.63) is 0 Å². The molecule has 0 bridgehead atoms. The number of ketones is 1. The topological polar surface area (TPSA) is 57.5 Å². The maximum absolute atomic E-state index is 11.5. The van der Waals surface area contributed by atoms with Crippen LogP contribution in [0, 0.1) is 0 Å². The van der Waals surface area contributed by atoms with E-state index in [4.69, 9.17) is 0 Å². The van der Waals surface area contributed by atoms with E-state index in [1.54, 1.807) is 6.92 Å². The summed E-state index contributed by atoms with van der Waals surface area (Å²) in [7, 11) is 0. The first kappa shape index (κ1) is 25.1. The van der Waals surface area contributed by atoms with Crippen LogP contribution >= 0.6 is 12.4 Å². The number of hydrogen-bond acceptors (Lipinski definition) is 3. The summed E-state index contributed by atoms with van der Waals surface area (Å²) in [5.41, 5.74) is 0. The van der Waals surface area contributed by atoms with E-state index in [1.807, 2.05) is 0 Å². The molecule has 23 heavy (non-hydrogen) atoms. The number of aliphatic hydroxyl groups is 2. The van der Waals surface area contributed by atoms with Crippen LogP contribution in [-0.2, 0) is 4.79 Å². The summed E-state index contributed by atoms with van der Waals surface area (Å²) >= 11 is 0. The van der Waals surface area contributed by atoms with E-state index in [0.717, 1.165) is 19.3 Å². The van der Waals surface area contributed by atoms with Gasteiger partial charge >= 0.3 is 0 Å². The summed E-state index contributed by atoms with van der Waals surface area (Å²) in [6, 6.07) is 0. The zero-order chi connectivity index (χ0) is 16.7. The van der Waals surface area contributed by atoms with Crippen LogP contribution < -0.4 is 0 Å². The number of halogens is 1. The molecule has 140 valence electrons. The first-order valence-corrected chi connectivity index (χ1v) is 9.52. The summed E-state index contributed by atoms with van der Waals surface area (Å²) < 4.78 is 0. The van der Waals surface area contributed by atoms with Gasteiger partial charge in [-0.05, 0) is 6.42 Å². The molecule has 0 spiro atoms. The summed E-state index contributed by atoms with van der Waals surface area (Å²) in [5, 5.41) is 18.8. The Morgan fingerprint density at radius 2 is 1.04 bits per heavy atom. The quantitative estimate of drug-likeness (QED) is 0.283. The number of rotatable bonds is 16. The molecule has 0 rings (SSSR count). The largest absolute Gasteiger partial charge is 0.360 e. The molecule has 0 heterocycles. The van der Waals surface area contributed by atoms with Crippen LogP contribution in [0.25, 0.3) is 0 Å². The highest BCUT2D eigenvalue weighted by molar-refractivity contribution is 5.85. The van der Waals surface area contributed by atoms with Gasteiger partial charge in [0.2, 0.25) is 5.79 Å². The number of carbonyl (C=O) groups is 1. The summed E-state index contributed by atoms with van der Waals surface area (Å²) in [6.45, 7) is 3.87. The SMILES string of the molecule is CCCCCCCCCCCCCCCC(=O)C(O)(O)CC.Cl. The number of unbranched alkanes of at least 4 members (excludes halogenated alkanes) is 12. The molecular weight excluding hydrogens is 312 g/mol. The van der Waals surface area contributed by atoms with Crippen LogP contribution in [-0.4, -0.2) is 21.8 Å². The van der Waals surface area contributed by atoms with Crippen LogP contribution in [0.2, 0.25) is 0 Å². The minimum Gasteiger partial charge on any atom is -0.360 e. The third-order valence-electron chi connectivity index (χ3n) is 4.45. The van der Waals surface area contributed by atoms with Crippen molar-refractivity contribution in [2.45, 2.75) is 116 Å². The van der Waals surface area contributed by atoms with Gasteiger partial charge < -0.3 is 10.2 Å². The van der Waals surface area contributed by atoms with E-state index < -0.39 is 11.6 Å². The molecule has 0 saturated carbocycles. The maximum Gasteiger partial charge on any atom is 0.223 e. The Hall–Kier alpha value is -0.120. The van der Waals surface area contributed by atoms with E-state index in [9.17, 15) is 15.0 Å². The highest BCUT2D eigenvalue weighted by Gasteiger charge is 2.29. The van der Waals surface area contributed by atoms with Gasteiger partial charge in [-0.15, -0.1) is 12.4 Å². The average Bonchev–Trinajstić information content (AvgIpc) is 2.51. The van der Waals surface area contributed by atoms with Crippen molar-refractivity contribution in [1.29, 1.82) is 0 Å². The molecule has 3 nitrogen and oxygen atoms in total. The van der Waals surface area contributed by atoms with Gasteiger partial charge in [-0.3, -0.25) is 4.79 Å². The first-order chi connectivity index (χ1) is 10.5. The van der Waals surface area contributed by atoms with E-state index in [2.05, 4.69) is 6.92 Å². The molecule has 0 aromatic carbocycles. The standard InChI is InChI=1S/C19H38O3.ClH/c1-3-5-6-7-8-9-10-11-12-13-14-15-16-17-18(20)19(21,22)4-2;/h21-22H,3-17H2,1-2H3;1H. The molecule has 0 amide bonds. The second-order valence-corrected chi connectivity index (χ2v) is 6.59. The highest BCUT2D eigenvalue weighted by atomic mass is 35.5. The third-order valence-corrected chi connectivity index (χ3v) is 4.45. The minimum absolute atomic E-state index is 0. The fourth-order valence-corrected chi connectivity index (χ4v) is 2.70. The van der Waals surface area contributed by atoms with Crippen molar-refractivity contribution in [2.75, 3.05) is 0 Å². The van der Waals surface area contributed by atoms with Gasteiger partial charge in [0, 0.05) is 12.8 Å². The van der Waals surface area contributed by atoms with Gasteiger partial charge in [0.1, 0.15) is 0 Å². The Morgan fingerprint density at radius 3 is 1.39 bits per heavy atom. The Kier molecular flexibility index (Phi) is 18.3. The summed E-state index contributed by atoms with van der Waals surface area (Å²) in [5.74, 6) is -2.53. The number of hydrogen-bond donors (Lipinski definition) is 2. The van der Waals surface area contributed by atoms with Gasteiger partial charge in [-0.1, -0.05) is 90.9 Å². The van der Waals surface area contributed by atoms with Crippen LogP contribution in [0.3, 0.4) is 0 Å². The molecule has 0 unspecified atom stereocenters. The van der Waals surface area contributed by atoms with Crippen molar-refractivity contribution in [2.24, 2.45) is 0 Å². The van der Waals surface area contributed by atoms with Gasteiger partial charge in [-0.2, -0.15) is 0 Å². The average molecular weight is 351 g/mol. The van der Waals surface area contributed by atoms with Crippen molar-refractivity contribution in [3.63, 3.8) is 0 Å². The Bertz CT molecular complexity index is 267. The van der Waals surface area contributed by atoms with Crippen LogP contribution in [0.4, 0.5) is 0 Å². The van der Waals surface area contributed by atoms with Gasteiger partial charge in [0.25, 0.3) is 0 Å². The zero-order valence-corrected chi connectivity index (χ0v) is 16.1. The zero-order valence-electron chi connectivity index (χ0n) is 15.3. The molecular formula is C19H39ClO3. The van der Waals surface area contributed by atoms with Crippen molar-refractivity contribution in [1.82, 2.24) is 0 Å². The number of carbonyl (C=O) groups excluding carboxylic acids is 1. The number of Topliss-reactive ketones (excluding diaryl/α,β-unsaturated/α-hetero) is 1. The molecule has 0 atom stereocenters. The lowest BCUT2D eigenvalue weighted by Crippen LogP contribution is -2.37. The summed E-state index contributed by atoms with van der Waals surface area (Å²) in [4.78, 5) is 11.5. The fourth-order valence-electron chi connectivity index (χ4n) is 2.70. The van der Waals surface area contributed by atoms with E-state index in [-0.39, 0.29) is 18.8 Å². The van der Waals surface area contributed by atoms with Crippen molar-refractivity contribution < 1.29 is 15.0 Å². The predicted molar refractivity (Wildman–Crippen MR) is 100 cm³/mol. The lowest BCUT2D eigenvalue weighted by Gasteiger charge is -2.17. The lowest BCUT2D eigenvalue weighted by molar-refractivity contribution is -0.183. The highest BCUT2D eigenvalue weighted by Crippen LogP contribution is 2.15. The smallest absolute Gasteiger partial charge is 0.223 e. The second kappa shape index (κ2) is 16.7. The Labute approximate surface area is 149 Å². The third kappa shape index (κ3) is 15.2. The molecule has 0 aromatic rings. The van der Waals surface area contributed by atoms with Gasteiger partial charge in [0.15, 0.2) is 5.78 Å². The molecule has 0 aromatic heterocycles. The fraction of sp³-hybridized carbons (Fsp3) is 0.947.